The lowest BCUT2D eigenvalue weighted by Crippen LogP contribution is -2.50. The molecule has 0 saturated carbocycles. The lowest BCUT2D eigenvalue weighted by Gasteiger charge is -2.35. The van der Waals surface area contributed by atoms with Gasteiger partial charge in [-0.15, -0.1) is 11.6 Å². The third-order valence-corrected chi connectivity index (χ3v) is 5.62. The van der Waals surface area contributed by atoms with Gasteiger partial charge in [0.2, 0.25) is 0 Å². The first kappa shape index (κ1) is 13.5. The van der Waals surface area contributed by atoms with Gasteiger partial charge in [-0.2, -0.15) is 0 Å². The van der Waals surface area contributed by atoms with Gasteiger partial charge in [-0.05, 0) is 22.4 Å². The monoisotopic (exact) mass is 342 g/mol. The summed E-state index contributed by atoms with van der Waals surface area (Å²) in [5.74, 6) is -0.126. The van der Waals surface area contributed by atoms with Crippen molar-refractivity contribution in [1.82, 2.24) is 0 Å². The highest BCUT2D eigenvalue weighted by Gasteiger charge is 2.49. The van der Waals surface area contributed by atoms with Gasteiger partial charge in [0, 0.05) is 0 Å². The molecule has 0 saturated heterocycles. The Bertz CT molecular complexity index is 152. The van der Waals surface area contributed by atoms with Gasteiger partial charge < -0.3 is 10.2 Å². The van der Waals surface area contributed by atoms with Crippen LogP contribution in [-0.2, 0) is 0 Å². The molecule has 0 bridgehead atoms. The number of rotatable bonds is 4. The number of alkyl halides is 4. The van der Waals surface area contributed by atoms with E-state index in [0.29, 0.717) is 6.42 Å². The Hall–Kier alpha value is 1.46. The van der Waals surface area contributed by atoms with Crippen LogP contribution in [0.1, 0.15) is 13.3 Å². The maximum Gasteiger partial charge on any atom is 0.164 e. The van der Waals surface area contributed by atoms with E-state index in [0.717, 1.165) is 0 Å². The Morgan fingerprint density at radius 1 is 1.50 bits per heavy atom. The van der Waals surface area contributed by atoms with E-state index in [1.165, 1.54) is 0 Å². The maximum absolute atomic E-state index is 9.60. The van der Waals surface area contributed by atoms with Crippen LogP contribution in [0.2, 0.25) is 0 Å². The minimum absolute atomic E-state index is 0.126. The van der Waals surface area contributed by atoms with E-state index in [2.05, 4.69) is 31.9 Å². The lowest BCUT2D eigenvalue weighted by atomic mass is 10.1. The van der Waals surface area contributed by atoms with E-state index in [-0.39, 0.29) is 5.88 Å². The fourth-order valence-corrected chi connectivity index (χ4v) is 1.99. The molecule has 12 heavy (non-hydrogen) atoms. The lowest BCUT2D eigenvalue weighted by molar-refractivity contribution is 0.0681. The summed E-state index contributed by atoms with van der Waals surface area (Å²) in [4.78, 5) is 0. The molecule has 0 aromatic rings. The molecule has 0 aromatic heterocycles. The number of hydrogen-bond donors (Lipinski definition) is 2. The molecular formula is C6H10Br2Cl2O2. The second-order valence-electron chi connectivity index (χ2n) is 2.44. The summed E-state index contributed by atoms with van der Waals surface area (Å²) in [7, 11) is 0. The van der Waals surface area contributed by atoms with Gasteiger partial charge in [0.05, 0.1) is 12.0 Å². The first-order chi connectivity index (χ1) is 5.29. The van der Waals surface area contributed by atoms with Crippen LogP contribution in [-0.4, -0.2) is 30.5 Å². The fourth-order valence-electron chi connectivity index (χ4n) is 0.601. The largest absolute Gasteiger partial charge is 0.390 e. The zero-order valence-corrected chi connectivity index (χ0v) is 11.1. The highest BCUT2D eigenvalue weighted by molar-refractivity contribution is 9.13. The van der Waals surface area contributed by atoms with Crippen LogP contribution in [0.4, 0.5) is 0 Å². The van der Waals surface area contributed by atoms with E-state index in [1.54, 1.807) is 6.92 Å². The number of hydrogen-bond acceptors (Lipinski definition) is 2. The molecule has 2 N–H and O–H groups in total. The first-order valence-corrected chi connectivity index (χ1v) is 5.82. The topological polar surface area (TPSA) is 40.5 Å². The van der Waals surface area contributed by atoms with Crippen molar-refractivity contribution in [3.8, 4) is 0 Å². The zero-order valence-electron chi connectivity index (χ0n) is 6.40. The summed E-state index contributed by atoms with van der Waals surface area (Å²) < 4.78 is -2.89. The second kappa shape index (κ2) is 4.80. The molecule has 0 spiro atoms. The Morgan fingerprint density at radius 3 is 2.17 bits per heavy atom. The van der Waals surface area contributed by atoms with Crippen LogP contribution in [0.3, 0.4) is 0 Å². The fraction of sp³-hybridized carbons (Fsp3) is 1.00. The van der Waals surface area contributed by atoms with Crippen LogP contribution < -0.4 is 0 Å². The highest BCUT2D eigenvalue weighted by atomic mass is 79.9. The standard InChI is InChI=1S/C6H10Br2Cl2O2/c1-2-4(11)6(8,10)5(7,12)3-9/h4,11-12H,2-3H2,1H3. The predicted octanol–water partition coefficient (Wildman–Crippen LogP) is 2.41. The zero-order chi connectivity index (χ0) is 9.99. The Labute approximate surface area is 98.5 Å². The Morgan fingerprint density at radius 2 is 1.92 bits per heavy atom. The minimum Gasteiger partial charge on any atom is -0.390 e. The third-order valence-electron chi connectivity index (χ3n) is 1.49. The summed E-state index contributed by atoms with van der Waals surface area (Å²) in [5.41, 5.74) is 0. The molecule has 3 unspecified atom stereocenters. The van der Waals surface area contributed by atoms with Crippen molar-refractivity contribution >= 4 is 55.1 Å². The van der Waals surface area contributed by atoms with Crippen molar-refractivity contribution in [2.45, 2.75) is 27.7 Å². The normalized spacial score (nSPS) is 24.2. The molecule has 74 valence electrons. The highest BCUT2D eigenvalue weighted by Crippen LogP contribution is 2.44. The molecule has 0 aliphatic rings. The summed E-state index contributed by atoms with van der Waals surface area (Å²) in [6.07, 6.45) is -0.471. The quantitative estimate of drug-likeness (QED) is 0.769. The molecule has 0 fully saturated rings. The molecular weight excluding hydrogens is 335 g/mol. The van der Waals surface area contributed by atoms with Gasteiger partial charge in [0.25, 0.3) is 0 Å². The molecule has 0 rings (SSSR count). The molecule has 2 nitrogen and oxygen atoms in total. The van der Waals surface area contributed by atoms with Crippen LogP contribution in [0.5, 0.6) is 0 Å². The van der Waals surface area contributed by atoms with E-state index in [1.807, 2.05) is 0 Å². The van der Waals surface area contributed by atoms with E-state index >= 15 is 0 Å². The van der Waals surface area contributed by atoms with Crippen molar-refractivity contribution in [2.24, 2.45) is 0 Å². The molecule has 0 aliphatic heterocycles. The molecule has 0 amide bonds. The summed E-state index contributed by atoms with van der Waals surface area (Å²) >= 11 is 17.3. The predicted molar refractivity (Wildman–Crippen MR) is 58.4 cm³/mol. The molecule has 0 aromatic carbocycles. The third kappa shape index (κ3) is 2.72. The average Bonchev–Trinajstić information content (AvgIpc) is 2.02. The van der Waals surface area contributed by atoms with Crippen LogP contribution in [0, 0.1) is 0 Å². The van der Waals surface area contributed by atoms with Crippen LogP contribution in [0.15, 0.2) is 0 Å². The van der Waals surface area contributed by atoms with E-state index in [4.69, 9.17) is 23.2 Å². The minimum atomic E-state index is -1.53. The van der Waals surface area contributed by atoms with Gasteiger partial charge in [-0.25, -0.2) is 0 Å². The first-order valence-electron chi connectivity index (χ1n) is 3.32. The molecule has 6 heteroatoms. The summed E-state index contributed by atoms with van der Waals surface area (Å²) in [6.45, 7) is 1.75. The molecule has 0 aliphatic carbocycles. The Kier molecular flexibility index (Phi) is 5.39. The van der Waals surface area contributed by atoms with Crippen molar-refractivity contribution < 1.29 is 10.2 Å². The second-order valence-corrected chi connectivity index (χ2v) is 6.32. The van der Waals surface area contributed by atoms with Gasteiger partial charge >= 0.3 is 0 Å². The molecule has 3 atom stereocenters. The van der Waals surface area contributed by atoms with Crippen molar-refractivity contribution in [1.29, 1.82) is 0 Å². The average molecular weight is 345 g/mol. The summed E-state index contributed by atoms with van der Waals surface area (Å²) in [6, 6.07) is 0. The molecule has 0 radical (unpaired) electrons. The summed E-state index contributed by atoms with van der Waals surface area (Å²) in [5, 5.41) is 19.0. The van der Waals surface area contributed by atoms with E-state index < -0.39 is 14.4 Å². The van der Waals surface area contributed by atoms with Crippen molar-refractivity contribution in [3.63, 3.8) is 0 Å². The van der Waals surface area contributed by atoms with Gasteiger partial charge in [0.15, 0.2) is 8.29 Å². The van der Waals surface area contributed by atoms with Crippen LogP contribution in [0.25, 0.3) is 0 Å². The smallest absolute Gasteiger partial charge is 0.164 e. The van der Waals surface area contributed by atoms with Gasteiger partial charge in [0.1, 0.15) is 0 Å². The number of aliphatic hydroxyl groups excluding tert-OH is 1. The van der Waals surface area contributed by atoms with Crippen LogP contribution >= 0.6 is 55.1 Å². The Balaban J connectivity index is 4.58. The molecule has 0 heterocycles. The maximum atomic E-state index is 9.60. The number of aliphatic hydroxyl groups is 2. The number of halogens is 4. The van der Waals surface area contributed by atoms with Crippen molar-refractivity contribution in [3.05, 3.63) is 0 Å². The van der Waals surface area contributed by atoms with Crippen molar-refractivity contribution in [2.75, 3.05) is 5.88 Å². The van der Waals surface area contributed by atoms with Gasteiger partial charge in [-0.3, -0.25) is 0 Å². The van der Waals surface area contributed by atoms with E-state index in [9.17, 15) is 10.2 Å². The van der Waals surface area contributed by atoms with Gasteiger partial charge in [-0.1, -0.05) is 34.5 Å². The SMILES string of the molecule is CCC(O)C(Cl)(Br)C(O)(Br)CCl.